The molecule has 19 heavy (non-hydrogen) atoms. The second-order valence-electron chi connectivity index (χ2n) is 4.72. The standard InChI is InChI=1S/C14H18N2OS2/c1-3-14(4-2,9-15)16-13(17)12-7-10-8-18-6-5-11(10)19-12/h7H,3-6,8H2,1-2H3,(H,16,17). The number of thiophene rings is 1. The Bertz CT molecular complexity index is 489. The molecule has 1 aliphatic rings. The number of fused-ring (bicyclic) bond motifs is 1. The van der Waals surface area contributed by atoms with Crippen LogP contribution in [0.4, 0.5) is 0 Å². The highest BCUT2D eigenvalue weighted by atomic mass is 32.2. The van der Waals surface area contributed by atoms with Gasteiger partial charge in [-0.2, -0.15) is 17.0 Å². The van der Waals surface area contributed by atoms with Gasteiger partial charge in [0.25, 0.3) is 5.91 Å². The molecule has 2 rings (SSSR count). The first-order valence-electron chi connectivity index (χ1n) is 6.57. The highest BCUT2D eigenvalue weighted by Gasteiger charge is 2.29. The molecule has 0 unspecified atom stereocenters. The van der Waals surface area contributed by atoms with Crippen molar-refractivity contribution in [2.75, 3.05) is 5.75 Å². The van der Waals surface area contributed by atoms with Crippen molar-refractivity contribution in [3.05, 3.63) is 21.4 Å². The fourth-order valence-electron chi connectivity index (χ4n) is 2.15. The van der Waals surface area contributed by atoms with E-state index in [1.54, 1.807) is 11.3 Å². The summed E-state index contributed by atoms with van der Waals surface area (Å²) < 4.78 is 0. The third-order valence-electron chi connectivity index (χ3n) is 3.63. The lowest BCUT2D eigenvalue weighted by Crippen LogP contribution is -2.46. The van der Waals surface area contributed by atoms with Gasteiger partial charge in [0.15, 0.2) is 0 Å². The van der Waals surface area contributed by atoms with Crippen LogP contribution in [0.25, 0.3) is 0 Å². The van der Waals surface area contributed by atoms with Crippen LogP contribution in [-0.4, -0.2) is 17.2 Å². The first-order chi connectivity index (χ1) is 9.14. The number of hydrogen-bond acceptors (Lipinski definition) is 4. The minimum Gasteiger partial charge on any atom is -0.333 e. The van der Waals surface area contributed by atoms with E-state index in [4.69, 9.17) is 0 Å². The lowest BCUT2D eigenvalue weighted by Gasteiger charge is -2.24. The number of nitriles is 1. The van der Waals surface area contributed by atoms with E-state index in [9.17, 15) is 10.1 Å². The molecule has 2 heterocycles. The fourth-order valence-corrected chi connectivity index (χ4v) is 4.42. The van der Waals surface area contributed by atoms with Crippen LogP contribution in [-0.2, 0) is 12.2 Å². The molecule has 1 aliphatic heterocycles. The zero-order valence-corrected chi connectivity index (χ0v) is 12.9. The van der Waals surface area contributed by atoms with Crippen LogP contribution in [0.3, 0.4) is 0 Å². The summed E-state index contributed by atoms with van der Waals surface area (Å²) in [6, 6.07) is 4.24. The molecule has 1 aromatic rings. The van der Waals surface area contributed by atoms with Crippen molar-refractivity contribution in [2.45, 2.75) is 44.4 Å². The summed E-state index contributed by atoms with van der Waals surface area (Å²) in [5, 5.41) is 12.2. The summed E-state index contributed by atoms with van der Waals surface area (Å²) in [6.07, 6.45) is 2.32. The molecule has 5 heteroatoms. The molecule has 0 bridgehead atoms. The smallest absolute Gasteiger partial charge is 0.262 e. The number of aryl methyl sites for hydroxylation is 1. The number of hydrogen-bond donors (Lipinski definition) is 1. The Kier molecular flexibility index (Phi) is 4.54. The number of amides is 1. The van der Waals surface area contributed by atoms with Gasteiger partial charge in [0.1, 0.15) is 5.54 Å². The van der Waals surface area contributed by atoms with Crippen molar-refractivity contribution in [2.24, 2.45) is 0 Å². The number of nitrogens with one attached hydrogen (secondary N) is 1. The number of carbonyl (C=O) groups excluding carboxylic acids is 1. The normalized spacial score (nSPS) is 14.6. The maximum atomic E-state index is 12.3. The van der Waals surface area contributed by atoms with Gasteiger partial charge in [-0.15, -0.1) is 11.3 Å². The molecule has 102 valence electrons. The minimum atomic E-state index is -0.726. The van der Waals surface area contributed by atoms with Gasteiger partial charge in [-0.3, -0.25) is 4.79 Å². The Morgan fingerprint density at radius 1 is 1.53 bits per heavy atom. The predicted octanol–water partition coefficient (Wildman–Crippen LogP) is 3.35. The quantitative estimate of drug-likeness (QED) is 0.926. The molecule has 0 atom stereocenters. The molecule has 3 nitrogen and oxygen atoms in total. The lowest BCUT2D eigenvalue weighted by molar-refractivity contribution is 0.0919. The highest BCUT2D eigenvalue weighted by Crippen LogP contribution is 2.32. The zero-order valence-electron chi connectivity index (χ0n) is 11.3. The molecule has 0 spiro atoms. The van der Waals surface area contributed by atoms with E-state index in [0.29, 0.717) is 12.8 Å². The van der Waals surface area contributed by atoms with Crippen LogP contribution in [0.15, 0.2) is 6.07 Å². The van der Waals surface area contributed by atoms with E-state index in [1.807, 2.05) is 31.7 Å². The molecule has 1 aromatic heterocycles. The van der Waals surface area contributed by atoms with Crippen LogP contribution in [0.1, 0.15) is 46.8 Å². The Balaban J connectivity index is 2.16. The van der Waals surface area contributed by atoms with E-state index in [2.05, 4.69) is 11.4 Å². The van der Waals surface area contributed by atoms with Gasteiger partial charge in [0.2, 0.25) is 0 Å². The monoisotopic (exact) mass is 294 g/mol. The molecular weight excluding hydrogens is 276 g/mol. The van der Waals surface area contributed by atoms with Crippen LogP contribution in [0, 0.1) is 11.3 Å². The van der Waals surface area contributed by atoms with Gasteiger partial charge in [-0.05, 0) is 36.6 Å². The van der Waals surface area contributed by atoms with Crippen molar-refractivity contribution in [3.63, 3.8) is 0 Å². The predicted molar refractivity (Wildman–Crippen MR) is 80.6 cm³/mol. The average Bonchev–Trinajstić information content (AvgIpc) is 2.89. The second kappa shape index (κ2) is 5.98. The molecular formula is C14H18N2OS2. The maximum absolute atomic E-state index is 12.3. The average molecular weight is 294 g/mol. The molecule has 0 aliphatic carbocycles. The molecule has 0 saturated heterocycles. The van der Waals surface area contributed by atoms with Gasteiger partial charge in [-0.1, -0.05) is 13.8 Å². The van der Waals surface area contributed by atoms with E-state index in [-0.39, 0.29) is 5.91 Å². The third kappa shape index (κ3) is 2.96. The number of thioether (sulfide) groups is 1. The minimum absolute atomic E-state index is 0.102. The third-order valence-corrected chi connectivity index (χ3v) is 5.87. The Morgan fingerprint density at radius 2 is 2.26 bits per heavy atom. The summed E-state index contributed by atoms with van der Waals surface area (Å²) in [6.45, 7) is 3.87. The van der Waals surface area contributed by atoms with Crippen molar-refractivity contribution in [1.82, 2.24) is 5.32 Å². The molecule has 1 amide bonds. The van der Waals surface area contributed by atoms with Crippen molar-refractivity contribution < 1.29 is 4.79 Å². The summed E-state index contributed by atoms with van der Waals surface area (Å²) in [7, 11) is 0. The van der Waals surface area contributed by atoms with Gasteiger partial charge in [0, 0.05) is 10.6 Å². The summed E-state index contributed by atoms with van der Waals surface area (Å²) >= 11 is 3.49. The Morgan fingerprint density at radius 3 is 2.84 bits per heavy atom. The lowest BCUT2D eigenvalue weighted by atomic mass is 9.94. The van der Waals surface area contributed by atoms with E-state index in [0.717, 1.165) is 22.8 Å². The highest BCUT2D eigenvalue weighted by molar-refractivity contribution is 7.98. The molecule has 0 radical (unpaired) electrons. The summed E-state index contributed by atoms with van der Waals surface area (Å²) in [4.78, 5) is 14.4. The largest absolute Gasteiger partial charge is 0.333 e. The van der Waals surface area contributed by atoms with Crippen molar-refractivity contribution in [3.8, 4) is 6.07 Å². The van der Waals surface area contributed by atoms with Crippen LogP contribution in [0.5, 0.6) is 0 Å². The Hall–Kier alpha value is -0.990. The van der Waals surface area contributed by atoms with Crippen molar-refractivity contribution in [1.29, 1.82) is 5.26 Å². The Labute approximate surface area is 122 Å². The maximum Gasteiger partial charge on any atom is 0.262 e. The first-order valence-corrected chi connectivity index (χ1v) is 8.54. The topological polar surface area (TPSA) is 52.9 Å². The summed E-state index contributed by atoms with van der Waals surface area (Å²) in [5.41, 5.74) is 0.568. The van der Waals surface area contributed by atoms with Crippen LogP contribution < -0.4 is 5.32 Å². The first kappa shape index (κ1) is 14.4. The zero-order chi connectivity index (χ0) is 13.9. The van der Waals surface area contributed by atoms with Gasteiger partial charge < -0.3 is 5.32 Å². The van der Waals surface area contributed by atoms with E-state index < -0.39 is 5.54 Å². The van der Waals surface area contributed by atoms with E-state index >= 15 is 0 Å². The van der Waals surface area contributed by atoms with Gasteiger partial charge in [0.05, 0.1) is 10.9 Å². The molecule has 0 saturated carbocycles. The van der Waals surface area contributed by atoms with Crippen molar-refractivity contribution >= 4 is 29.0 Å². The number of rotatable bonds is 4. The molecule has 0 fully saturated rings. The van der Waals surface area contributed by atoms with Crippen LogP contribution >= 0.6 is 23.1 Å². The van der Waals surface area contributed by atoms with Crippen LogP contribution in [0.2, 0.25) is 0 Å². The fraction of sp³-hybridized carbons (Fsp3) is 0.571. The molecule has 1 N–H and O–H groups in total. The second-order valence-corrected chi connectivity index (χ2v) is 6.96. The summed E-state index contributed by atoms with van der Waals surface area (Å²) in [5.74, 6) is 2.04. The molecule has 0 aromatic carbocycles. The SMILES string of the molecule is CCC(C#N)(CC)NC(=O)c1cc2c(s1)CCSC2. The van der Waals surface area contributed by atoms with E-state index in [1.165, 1.54) is 10.4 Å². The number of carbonyl (C=O) groups is 1. The van der Waals surface area contributed by atoms with Gasteiger partial charge in [-0.25, -0.2) is 0 Å². The van der Waals surface area contributed by atoms with Gasteiger partial charge >= 0.3 is 0 Å². The number of nitrogens with zero attached hydrogens (tertiary/aromatic N) is 1.